The Morgan fingerprint density at radius 3 is 2.47 bits per heavy atom. The standard InChI is InChI=1S/C22H27N5S.2ClH/c1-5-27(4)14-24-20-10-15(2)19(25-16(20)3)11-22-26-21(13-28-22)18-8-6-17(12-23)7-9-18;;/h6-10,13-14H,5,11-12,23H2,1-4H3;2*1H. The summed E-state index contributed by atoms with van der Waals surface area (Å²) >= 11 is 1.67. The van der Waals surface area contributed by atoms with Crippen LogP contribution in [-0.2, 0) is 13.0 Å². The molecule has 0 saturated heterocycles. The highest BCUT2D eigenvalue weighted by Crippen LogP contribution is 2.26. The predicted molar refractivity (Wildman–Crippen MR) is 133 cm³/mol. The van der Waals surface area contributed by atoms with E-state index in [-0.39, 0.29) is 24.8 Å². The molecule has 8 heteroatoms. The van der Waals surface area contributed by atoms with Crippen LogP contribution in [0.1, 0.15) is 34.4 Å². The van der Waals surface area contributed by atoms with Gasteiger partial charge in [0.25, 0.3) is 0 Å². The summed E-state index contributed by atoms with van der Waals surface area (Å²) < 4.78 is 0. The molecule has 0 bridgehead atoms. The molecule has 0 atom stereocenters. The highest BCUT2D eigenvalue weighted by Gasteiger charge is 2.10. The average Bonchev–Trinajstić information content (AvgIpc) is 3.17. The van der Waals surface area contributed by atoms with E-state index < -0.39 is 0 Å². The van der Waals surface area contributed by atoms with Crippen LogP contribution in [0.4, 0.5) is 5.69 Å². The maximum atomic E-state index is 5.67. The third kappa shape index (κ3) is 6.51. The Hall–Kier alpha value is -1.99. The first kappa shape index (κ1) is 26.0. The van der Waals surface area contributed by atoms with Crippen LogP contribution in [-0.4, -0.2) is 34.8 Å². The fraction of sp³-hybridized carbons (Fsp3) is 0.318. The Labute approximate surface area is 195 Å². The maximum absolute atomic E-state index is 5.67. The van der Waals surface area contributed by atoms with E-state index in [2.05, 4.69) is 54.6 Å². The van der Waals surface area contributed by atoms with Crippen molar-refractivity contribution < 1.29 is 0 Å². The molecule has 1 aromatic carbocycles. The number of hydrogen-bond donors (Lipinski definition) is 1. The largest absolute Gasteiger partial charge is 0.366 e. The van der Waals surface area contributed by atoms with Gasteiger partial charge in [-0.25, -0.2) is 9.98 Å². The number of rotatable bonds is 7. The van der Waals surface area contributed by atoms with Crippen molar-refractivity contribution in [2.75, 3.05) is 13.6 Å². The number of halogens is 2. The quantitative estimate of drug-likeness (QED) is 0.378. The number of hydrogen-bond acceptors (Lipinski definition) is 5. The molecule has 0 amide bonds. The summed E-state index contributed by atoms with van der Waals surface area (Å²) in [7, 11) is 2.01. The van der Waals surface area contributed by atoms with Crippen LogP contribution in [0.3, 0.4) is 0 Å². The van der Waals surface area contributed by atoms with Gasteiger partial charge in [-0.15, -0.1) is 36.2 Å². The Morgan fingerprint density at radius 2 is 1.83 bits per heavy atom. The van der Waals surface area contributed by atoms with Crippen LogP contribution in [0.25, 0.3) is 11.3 Å². The number of aromatic nitrogens is 2. The zero-order chi connectivity index (χ0) is 20.1. The summed E-state index contributed by atoms with van der Waals surface area (Å²) in [6, 6.07) is 10.4. The number of benzene rings is 1. The van der Waals surface area contributed by atoms with Crippen molar-refractivity contribution in [2.45, 2.75) is 33.7 Å². The highest BCUT2D eigenvalue weighted by molar-refractivity contribution is 7.10. The first-order valence-electron chi connectivity index (χ1n) is 9.45. The van der Waals surface area contributed by atoms with E-state index in [0.29, 0.717) is 6.54 Å². The Morgan fingerprint density at radius 1 is 1.13 bits per heavy atom. The molecule has 2 aromatic heterocycles. The van der Waals surface area contributed by atoms with Gasteiger partial charge in [0.2, 0.25) is 0 Å². The lowest BCUT2D eigenvalue weighted by molar-refractivity contribution is 0.552. The third-order valence-corrected chi connectivity index (χ3v) is 5.58. The van der Waals surface area contributed by atoms with Gasteiger partial charge in [-0.1, -0.05) is 24.3 Å². The normalized spacial score (nSPS) is 10.6. The Kier molecular flexibility index (Phi) is 10.4. The molecule has 0 spiro atoms. The summed E-state index contributed by atoms with van der Waals surface area (Å²) in [5.74, 6) is 0. The molecule has 0 aliphatic rings. The van der Waals surface area contributed by atoms with E-state index in [1.807, 2.05) is 25.2 Å². The summed E-state index contributed by atoms with van der Waals surface area (Å²) in [5.41, 5.74) is 13.0. The van der Waals surface area contributed by atoms with Crippen molar-refractivity contribution in [3.63, 3.8) is 0 Å². The molecule has 0 aliphatic heterocycles. The van der Waals surface area contributed by atoms with Crippen molar-refractivity contribution in [1.29, 1.82) is 0 Å². The van der Waals surface area contributed by atoms with Gasteiger partial charge in [0.15, 0.2) is 0 Å². The lowest BCUT2D eigenvalue weighted by atomic mass is 10.1. The minimum atomic E-state index is 0. The van der Waals surface area contributed by atoms with Crippen molar-refractivity contribution >= 4 is 48.2 Å². The molecule has 3 aromatic rings. The van der Waals surface area contributed by atoms with Crippen LogP contribution in [0.2, 0.25) is 0 Å². The van der Waals surface area contributed by atoms with Crippen molar-refractivity contribution in [3.8, 4) is 11.3 Å². The van der Waals surface area contributed by atoms with Crippen LogP contribution < -0.4 is 5.73 Å². The molecule has 0 radical (unpaired) electrons. The second kappa shape index (κ2) is 12.0. The highest BCUT2D eigenvalue weighted by atomic mass is 35.5. The maximum Gasteiger partial charge on any atom is 0.0992 e. The molecule has 0 aliphatic carbocycles. The first-order chi connectivity index (χ1) is 13.5. The molecule has 2 heterocycles. The monoisotopic (exact) mass is 465 g/mol. The molecule has 0 saturated carbocycles. The van der Waals surface area contributed by atoms with Crippen molar-refractivity contribution in [2.24, 2.45) is 10.7 Å². The van der Waals surface area contributed by atoms with Crippen LogP contribution in [0, 0.1) is 13.8 Å². The second-order valence-corrected chi connectivity index (χ2v) is 7.82. The minimum Gasteiger partial charge on any atom is -0.366 e. The molecule has 162 valence electrons. The molecule has 0 fully saturated rings. The number of nitrogens with zero attached hydrogens (tertiary/aromatic N) is 4. The fourth-order valence-electron chi connectivity index (χ4n) is 2.77. The molecule has 30 heavy (non-hydrogen) atoms. The smallest absolute Gasteiger partial charge is 0.0992 e. The van der Waals surface area contributed by atoms with Gasteiger partial charge < -0.3 is 10.6 Å². The molecule has 3 rings (SSSR count). The molecular formula is C22H29Cl2N5S. The van der Waals surface area contributed by atoms with Crippen LogP contribution >= 0.6 is 36.2 Å². The van der Waals surface area contributed by atoms with Crippen molar-refractivity contribution in [1.82, 2.24) is 14.9 Å². The fourth-order valence-corrected chi connectivity index (χ4v) is 3.58. The summed E-state index contributed by atoms with van der Waals surface area (Å²) in [4.78, 5) is 16.2. The Bertz CT molecular complexity index is 970. The molecule has 0 unspecified atom stereocenters. The average molecular weight is 466 g/mol. The first-order valence-corrected chi connectivity index (χ1v) is 10.3. The number of thiazole rings is 1. The predicted octanol–water partition coefficient (Wildman–Crippen LogP) is 5.33. The van der Waals surface area contributed by atoms with Gasteiger partial charge in [-0.2, -0.15) is 0 Å². The van der Waals surface area contributed by atoms with Gasteiger partial charge in [0.05, 0.1) is 34.1 Å². The zero-order valence-electron chi connectivity index (χ0n) is 17.8. The third-order valence-electron chi connectivity index (χ3n) is 4.73. The summed E-state index contributed by atoms with van der Waals surface area (Å²) in [6.07, 6.45) is 2.59. The van der Waals surface area contributed by atoms with E-state index in [1.165, 1.54) is 0 Å². The van der Waals surface area contributed by atoms with E-state index >= 15 is 0 Å². The van der Waals surface area contributed by atoms with Gasteiger partial charge in [-0.05, 0) is 38.0 Å². The van der Waals surface area contributed by atoms with Gasteiger partial charge in [0, 0.05) is 37.5 Å². The van der Waals surface area contributed by atoms with Gasteiger partial charge >= 0.3 is 0 Å². The lowest BCUT2D eigenvalue weighted by Crippen LogP contribution is -2.14. The molecular weight excluding hydrogens is 437 g/mol. The summed E-state index contributed by atoms with van der Waals surface area (Å²) in [5, 5.41) is 3.17. The second-order valence-electron chi connectivity index (χ2n) is 6.88. The Balaban J connectivity index is 0.00000225. The number of aliphatic imine (C=N–C) groups is 1. The van der Waals surface area contributed by atoms with E-state index in [4.69, 9.17) is 15.7 Å². The zero-order valence-corrected chi connectivity index (χ0v) is 20.2. The lowest BCUT2D eigenvalue weighted by Gasteiger charge is -2.10. The van der Waals surface area contributed by atoms with E-state index in [0.717, 1.165) is 57.4 Å². The molecule has 5 nitrogen and oxygen atoms in total. The number of nitrogens with two attached hydrogens (primary N) is 1. The van der Waals surface area contributed by atoms with E-state index in [1.54, 1.807) is 11.3 Å². The topological polar surface area (TPSA) is 67.4 Å². The number of pyridine rings is 1. The summed E-state index contributed by atoms with van der Waals surface area (Å²) in [6.45, 7) is 7.68. The number of aryl methyl sites for hydroxylation is 2. The molecule has 2 N–H and O–H groups in total. The van der Waals surface area contributed by atoms with Gasteiger partial charge in [0.1, 0.15) is 0 Å². The van der Waals surface area contributed by atoms with Crippen LogP contribution in [0.15, 0.2) is 40.7 Å². The van der Waals surface area contributed by atoms with Crippen LogP contribution in [0.5, 0.6) is 0 Å². The minimum absolute atomic E-state index is 0. The van der Waals surface area contributed by atoms with Crippen molar-refractivity contribution in [3.05, 3.63) is 63.2 Å². The van der Waals surface area contributed by atoms with E-state index in [9.17, 15) is 0 Å². The van der Waals surface area contributed by atoms with Gasteiger partial charge in [-0.3, -0.25) is 4.98 Å². The SMILES string of the molecule is CCN(C)C=Nc1cc(C)c(Cc2nc(-c3ccc(CN)cc3)cs2)nc1C.Cl.Cl.